The van der Waals surface area contributed by atoms with Crippen molar-refractivity contribution in [1.82, 2.24) is 9.80 Å². The molecule has 1 aromatic rings. The minimum atomic E-state index is 0.129. The molecular weight excluding hydrogens is 316 g/mol. The molecular formula is C16H23BrN2O. The summed E-state index contributed by atoms with van der Waals surface area (Å²) in [5.74, 6) is 0.129. The first-order chi connectivity index (χ1) is 9.58. The highest BCUT2D eigenvalue weighted by Gasteiger charge is 2.24. The van der Waals surface area contributed by atoms with E-state index >= 15 is 0 Å². The molecule has 0 radical (unpaired) electrons. The van der Waals surface area contributed by atoms with Crippen molar-refractivity contribution in [2.75, 3.05) is 26.7 Å². The predicted octanol–water partition coefficient (Wildman–Crippen LogP) is 3.45. The normalized spacial score (nSPS) is 17.8. The van der Waals surface area contributed by atoms with E-state index < -0.39 is 0 Å². The summed E-state index contributed by atoms with van der Waals surface area (Å²) in [4.78, 5) is 15.9. The highest BCUT2D eigenvalue weighted by Crippen LogP contribution is 2.26. The Labute approximate surface area is 130 Å². The largest absolute Gasteiger partial charge is 0.344 e. The molecule has 2 rings (SSSR count). The Bertz CT molecular complexity index is 440. The molecule has 0 saturated carbocycles. The summed E-state index contributed by atoms with van der Waals surface area (Å²) in [6.07, 6.45) is 3.85. The lowest BCUT2D eigenvalue weighted by Gasteiger charge is -2.37. The quantitative estimate of drug-likeness (QED) is 0.839. The topological polar surface area (TPSA) is 23.6 Å². The van der Waals surface area contributed by atoms with E-state index in [0.29, 0.717) is 6.04 Å². The summed E-state index contributed by atoms with van der Waals surface area (Å²) in [5.41, 5.74) is 1.29. The molecule has 1 aliphatic heterocycles. The van der Waals surface area contributed by atoms with Crippen molar-refractivity contribution in [2.24, 2.45) is 0 Å². The van der Waals surface area contributed by atoms with E-state index in [-0.39, 0.29) is 5.91 Å². The summed E-state index contributed by atoms with van der Waals surface area (Å²) in [6.45, 7) is 4.66. The van der Waals surface area contributed by atoms with Gasteiger partial charge in [0.05, 0.1) is 6.04 Å². The molecule has 3 nitrogen and oxygen atoms in total. The van der Waals surface area contributed by atoms with Gasteiger partial charge in [-0.15, -0.1) is 0 Å². The summed E-state index contributed by atoms with van der Waals surface area (Å²) in [5, 5.41) is 0. The van der Waals surface area contributed by atoms with Crippen molar-refractivity contribution in [3.05, 3.63) is 34.3 Å². The number of piperidine rings is 1. The molecule has 1 saturated heterocycles. The molecule has 1 heterocycles. The fourth-order valence-electron chi connectivity index (χ4n) is 2.73. The van der Waals surface area contributed by atoms with Crippen LogP contribution >= 0.6 is 15.9 Å². The van der Waals surface area contributed by atoms with Gasteiger partial charge in [-0.05, 0) is 43.6 Å². The van der Waals surface area contributed by atoms with Crippen molar-refractivity contribution in [1.29, 1.82) is 0 Å². The van der Waals surface area contributed by atoms with Crippen LogP contribution in [0, 0.1) is 0 Å². The number of carbonyl (C=O) groups excluding carboxylic acids is 1. The number of benzene rings is 1. The SMILES string of the molecule is CC(=O)N(C)CC(c1ccc(Br)cc1)N1CCCCC1. The van der Waals surface area contributed by atoms with Crippen molar-refractivity contribution in [3.63, 3.8) is 0 Å². The van der Waals surface area contributed by atoms with Gasteiger partial charge in [-0.1, -0.05) is 34.5 Å². The lowest BCUT2D eigenvalue weighted by atomic mass is 10.0. The number of hydrogen-bond acceptors (Lipinski definition) is 2. The van der Waals surface area contributed by atoms with Crippen LogP contribution in [0.3, 0.4) is 0 Å². The number of amides is 1. The van der Waals surface area contributed by atoms with Crippen molar-refractivity contribution < 1.29 is 4.79 Å². The number of rotatable bonds is 4. The van der Waals surface area contributed by atoms with E-state index in [4.69, 9.17) is 0 Å². The molecule has 4 heteroatoms. The molecule has 1 aliphatic rings. The molecule has 0 N–H and O–H groups in total. The van der Waals surface area contributed by atoms with Gasteiger partial charge in [0.25, 0.3) is 0 Å². The third kappa shape index (κ3) is 4.06. The first kappa shape index (κ1) is 15.5. The lowest BCUT2D eigenvalue weighted by molar-refractivity contribution is -0.128. The van der Waals surface area contributed by atoms with Gasteiger partial charge in [0.2, 0.25) is 5.91 Å². The molecule has 0 aliphatic carbocycles. The zero-order valence-corrected chi connectivity index (χ0v) is 13.9. The highest BCUT2D eigenvalue weighted by atomic mass is 79.9. The molecule has 1 unspecified atom stereocenters. The van der Waals surface area contributed by atoms with Crippen molar-refractivity contribution >= 4 is 21.8 Å². The zero-order valence-electron chi connectivity index (χ0n) is 12.3. The van der Waals surface area contributed by atoms with Crippen LogP contribution in [0.25, 0.3) is 0 Å². The summed E-state index contributed by atoms with van der Waals surface area (Å²) in [6, 6.07) is 8.80. The molecule has 110 valence electrons. The Hall–Kier alpha value is -0.870. The van der Waals surface area contributed by atoms with Gasteiger partial charge in [0.1, 0.15) is 0 Å². The number of likely N-dealkylation sites (tertiary alicyclic amines) is 1. The average molecular weight is 339 g/mol. The summed E-state index contributed by atoms with van der Waals surface area (Å²) < 4.78 is 1.10. The lowest BCUT2D eigenvalue weighted by Crippen LogP contribution is -2.40. The van der Waals surface area contributed by atoms with E-state index in [0.717, 1.165) is 24.1 Å². The second-order valence-electron chi connectivity index (χ2n) is 5.56. The van der Waals surface area contributed by atoms with Gasteiger partial charge in [-0.25, -0.2) is 0 Å². The Balaban J connectivity index is 2.18. The van der Waals surface area contributed by atoms with Crippen molar-refractivity contribution in [3.8, 4) is 0 Å². The zero-order chi connectivity index (χ0) is 14.5. The molecule has 0 aromatic heterocycles. The van der Waals surface area contributed by atoms with E-state index in [1.165, 1.54) is 24.8 Å². The number of hydrogen-bond donors (Lipinski definition) is 0. The smallest absolute Gasteiger partial charge is 0.219 e. The van der Waals surface area contributed by atoms with E-state index in [2.05, 4.69) is 45.1 Å². The van der Waals surface area contributed by atoms with Gasteiger partial charge in [0, 0.05) is 25.0 Å². The number of likely N-dealkylation sites (N-methyl/N-ethyl adjacent to an activating group) is 1. The van der Waals surface area contributed by atoms with E-state index in [9.17, 15) is 4.79 Å². The van der Waals surface area contributed by atoms with Gasteiger partial charge >= 0.3 is 0 Å². The minimum absolute atomic E-state index is 0.129. The van der Waals surface area contributed by atoms with Gasteiger partial charge in [-0.2, -0.15) is 0 Å². The van der Waals surface area contributed by atoms with Crippen LogP contribution in [-0.2, 0) is 4.79 Å². The van der Waals surface area contributed by atoms with Gasteiger partial charge in [-0.3, -0.25) is 9.69 Å². The number of halogens is 1. The minimum Gasteiger partial charge on any atom is -0.344 e. The monoisotopic (exact) mass is 338 g/mol. The highest BCUT2D eigenvalue weighted by molar-refractivity contribution is 9.10. The molecule has 0 spiro atoms. The third-order valence-electron chi connectivity index (χ3n) is 4.07. The first-order valence-electron chi connectivity index (χ1n) is 7.29. The standard InChI is InChI=1S/C16H23BrN2O/c1-13(20)18(2)12-16(19-10-4-3-5-11-19)14-6-8-15(17)9-7-14/h6-9,16H,3-5,10-12H2,1-2H3. The maximum Gasteiger partial charge on any atom is 0.219 e. The Morgan fingerprint density at radius 3 is 2.40 bits per heavy atom. The molecule has 1 aromatic carbocycles. The molecule has 0 bridgehead atoms. The van der Waals surface area contributed by atoms with Gasteiger partial charge < -0.3 is 4.90 Å². The van der Waals surface area contributed by atoms with Crippen LogP contribution in [0.15, 0.2) is 28.7 Å². The second-order valence-corrected chi connectivity index (χ2v) is 6.48. The van der Waals surface area contributed by atoms with Crippen LogP contribution < -0.4 is 0 Å². The van der Waals surface area contributed by atoms with Crippen LogP contribution in [-0.4, -0.2) is 42.4 Å². The summed E-state index contributed by atoms with van der Waals surface area (Å²) >= 11 is 3.49. The van der Waals surface area contributed by atoms with E-state index in [1.807, 2.05) is 11.9 Å². The molecule has 1 fully saturated rings. The van der Waals surface area contributed by atoms with Crippen LogP contribution in [0.5, 0.6) is 0 Å². The molecule has 1 atom stereocenters. The molecule has 20 heavy (non-hydrogen) atoms. The van der Waals surface area contributed by atoms with Gasteiger partial charge in [0.15, 0.2) is 0 Å². The third-order valence-corrected chi connectivity index (χ3v) is 4.60. The number of nitrogens with zero attached hydrogens (tertiary/aromatic N) is 2. The maximum absolute atomic E-state index is 11.5. The first-order valence-corrected chi connectivity index (χ1v) is 8.08. The maximum atomic E-state index is 11.5. The fourth-order valence-corrected chi connectivity index (χ4v) is 3.00. The molecule has 1 amide bonds. The van der Waals surface area contributed by atoms with Crippen LogP contribution in [0.2, 0.25) is 0 Å². The Morgan fingerprint density at radius 2 is 1.85 bits per heavy atom. The summed E-state index contributed by atoms with van der Waals surface area (Å²) in [7, 11) is 1.89. The number of carbonyl (C=O) groups is 1. The Morgan fingerprint density at radius 1 is 1.25 bits per heavy atom. The van der Waals surface area contributed by atoms with Crippen LogP contribution in [0.4, 0.5) is 0 Å². The van der Waals surface area contributed by atoms with Crippen LogP contribution in [0.1, 0.15) is 37.8 Å². The van der Waals surface area contributed by atoms with E-state index in [1.54, 1.807) is 6.92 Å². The Kier molecular flexibility index (Phi) is 5.61. The van der Waals surface area contributed by atoms with Crippen molar-refractivity contribution in [2.45, 2.75) is 32.2 Å². The second kappa shape index (κ2) is 7.23. The average Bonchev–Trinajstić information content (AvgIpc) is 2.46. The fraction of sp³-hybridized carbons (Fsp3) is 0.562. The predicted molar refractivity (Wildman–Crippen MR) is 85.6 cm³/mol.